The number of pyridine rings is 4. The van der Waals surface area contributed by atoms with E-state index in [0.717, 1.165) is 132 Å². The molecule has 0 spiro atoms. The van der Waals surface area contributed by atoms with E-state index in [0.29, 0.717) is 0 Å². The molecule has 0 bridgehead atoms. The number of benzene rings is 6. The van der Waals surface area contributed by atoms with Gasteiger partial charge in [0.2, 0.25) is 0 Å². The molecule has 0 saturated carbocycles. The number of para-hydroxylation sites is 4. The summed E-state index contributed by atoms with van der Waals surface area (Å²) in [5, 5.41) is 8.26. The molecule has 14 aromatic rings. The minimum atomic E-state index is 0.825. The summed E-state index contributed by atoms with van der Waals surface area (Å²) < 4.78 is 17.5. The average Bonchev–Trinajstić information content (AvgIpc) is 4.03. The fourth-order valence-electron chi connectivity index (χ4n) is 9.22. The third kappa shape index (κ3) is 3.54. The van der Waals surface area contributed by atoms with Gasteiger partial charge in [-0.3, -0.25) is 13.8 Å². The second-order valence-electron chi connectivity index (χ2n) is 14.6. The molecule has 8 heteroatoms. The Morgan fingerprint density at radius 3 is 2.04 bits per heavy atom. The number of nitrogens with zero attached hydrogens (tertiary/aromatic N) is 6. The highest BCUT2D eigenvalue weighted by Crippen LogP contribution is 2.41. The number of rotatable bonds is 1. The molecule has 0 amide bonds. The van der Waals surface area contributed by atoms with Crippen LogP contribution in [0.5, 0.6) is 0 Å². The highest BCUT2D eigenvalue weighted by molar-refractivity contribution is 6.22. The lowest BCUT2D eigenvalue weighted by atomic mass is 10.0. The standard InChI is InChI=1S/C48H24N6O2/c1-6-14-41-26(8-1)28-16-17-29-44-31(48-51-35-11-3-4-12-37(35)54(48)45(29)46(28)56-41)18-20-34(50-44)25-15-19-36-39(22-25)53-38-23-32-27-9-2-5-13-40(27)55-42(32)24-33(38)43-30(47(53)52-36)10-7-21-49-43/h1-24H. The Bertz CT molecular complexity index is 4070. The van der Waals surface area contributed by atoms with Crippen LogP contribution in [0.3, 0.4) is 0 Å². The maximum Gasteiger partial charge on any atom is 0.160 e. The molecule has 0 aliphatic heterocycles. The molecular formula is C48H24N6O2. The summed E-state index contributed by atoms with van der Waals surface area (Å²) in [6.07, 6.45) is 1.84. The molecule has 8 nitrogen and oxygen atoms in total. The highest BCUT2D eigenvalue weighted by atomic mass is 16.3. The van der Waals surface area contributed by atoms with E-state index in [-0.39, 0.29) is 0 Å². The SMILES string of the molecule is c1ccc2c(c1)nc1c3ccc(-c4ccc5nc6c7cccnc7c7cc8oc9ccccc9c8cc7n6c5c4)nc3c3ccc4c5ccccc5oc4c3n21. The van der Waals surface area contributed by atoms with Crippen molar-refractivity contribution in [3.05, 3.63) is 146 Å². The van der Waals surface area contributed by atoms with Crippen molar-refractivity contribution >= 4 is 121 Å². The Kier molecular flexibility index (Phi) is 5.12. The normalized spacial score (nSPS) is 12.6. The summed E-state index contributed by atoms with van der Waals surface area (Å²) in [4.78, 5) is 20.7. The molecule has 6 aromatic carbocycles. The lowest BCUT2D eigenvalue weighted by molar-refractivity contribution is 0.669. The second-order valence-corrected chi connectivity index (χ2v) is 14.6. The molecule has 8 heterocycles. The lowest BCUT2D eigenvalue weighted by Crippen LogP contribution is -1.95. The van der Waals surface area contributed by atoms with Gasteiger partial charge in [0.05, 0.1) is 44.3 Å². The van der Waals surface area contributed by atoms with Crippen molar-refractivity contribution in [2.45, 2.75) is 0 Å². The molecule has 0 radical (unpaired) electrons. The zero-order chi connectivity index (χ0) is 36.2. The van der Waals surface area contributed by atoms with Crippen molar-refractivity contribution in [1.29, 1.82) is 0 Å². The maximum atomic E-state index is 6.65. The summed E-state index contributed by atoms with van der Waals surface area (Å²) in [7, 11) is 0. The van der Waals surface area contributed by atoms with Gasteiger partial charge in [0.15, 0.2) is 5.58 Å². The third-order valence-electron chi connectivity index (χ3n) is 11.7. The van der Waals surface area contributed by atoms with Gasteiger partial charge < -0.3 is 8.83 Å². The highest BCUT2D eigenvalue weighted by Gasteiger charge is 2.22. The summed E-state index contributed by atoms with van der Waals surface area (Å²) in [5.74, 6) is 0. The molecule has 0 unspecified atom stereocenters. The van der Waals surface area contributed by atoms with E-state index in [1.165, 1.54) is 0 Å². The Hall–Kier alpha value is -7.84. The van der Waals surface area contributed by atoms with Crippen LogP contribution in [0.4, 0.5) is 0 Å². The van der Waals surface area contributed by atoms with Crippen molar-refractivity contribution in [2.75, 3.05) is 0 Å². The van der Waals surface area contributed by atoms with E-state index in [1.807, 2.05) is 42.6 Å². The first kappa shape index (κ1) is 28.6. The van der Waals surface area contributed by atoms with Crippen LogP contribution in [-0.2, 0) is 0 Å². The van der Waals surface area contributed by atoms with Crippen molar-refractivity contribution in [3.8, 4) is 11.3 Å². The van der Waals surface area contributed by atoms with Crippen LogP contribution in [0.1, 0.15) is 0 Å². The molecule has 0 saturated heterocycles. The Morgan fingerprint density at radius 1 is 0.411 bits per heavy atom. The van der Waals surface area contributed by atoms with Gasteiger partial charge in [-0.15, -0.1) is 0 Å². The molecule has 0 aliphatic rings. The minimum Gasteiger partial charge on any atom is -0.456 e. The van der Waals surface area contributed by atoms with Crippen LogP contribution in [0, 0.1) is 0 Å². The summed E-state index contributed by atoms with van der Waals surface area (Å²) in [5.41, 5.74) is 14.5. The second kappa shape index (κ2) is 10.0. The summed E-state index contributed by atoms with van der Waals surface area (Å²) in [6.45, 7) is 0. The molecule has 0 fully saturated rings. The number of furan rings is 2. The topological polar surface area (TPSA) is 86.7 Å². The van der Waals surface area contributed by atoms with Crippen LogP contribution in [0.15, 0.2) is 155 Å². The Labute approximate surface area is 314 Å². The van der Waals surface area contributed by atoms with Crippen LogP contribution in [0.25, 0.3) is 132 Å². The largest absolute Gasteiger partial charge is 0.456 e. The van der Waals surface area contributed by atoms with Gasteiger partial charge in [-0.05, 0) is 84.9 Å². The summed E-state index contributed by atoms with van der Waals surface area (Å²) in [6, 6.07) is 48.2. The van der Waals surface area contributed by atoms with Gasteiger partial charge in [0.1, 0.15) is 33.6 Å². The number of fused-ring (bicyclic) bond motifs is 23. The zero-order valence-electron chi connectivity index (χ0n) is 29.4. The van der Waals surface area contributed by atoms with Crippen molar-refractivity contribution < 1.29 is 8.83 Å². The first-order valence-corrected chi connectivity index (χ1v) is 18.6. The number of aromatic nitrogens is 6. The molecule has 258 valence electrons. The fraction of sp³-hybridized carbons (Fsp3) is 0. The molecule has 0 N–H and O–H groups in total. The van der Waals surface area contributed by atoms with Crippen molar-refractivity contribution in [1.82, 2.24) is 28.7 Å². The van der Waals surface area contributed by atoms with Gasteiger partial charge in [-0.1, -0.05) is 54.6 Å². The molecule has 56 heavy (non-hydrogen) atoms. The predicted molar refractivity (Wildman–Crippen MR) is 225 cm³/mol. The molecule has 0 atom stereocenters. The number of hydrogen-bond donors (Lipinski definition) is 0. The quantitative estimate of drug-likeness (QED) is 0.157. The molecule has 0 aliphatic carbocycles. The van der Waals surface area contributed by atoms with Gasteiger partial charge in [-0.25, -0.2) is 15.0 Å². The third-order valence-corrected chi connectivity index (χ3v) is 11.7. The average molecular weight is 717 g/mol. The van der Waals surface area contributed by atoms with E-state index in [9.17, 15) is 0 Å². The van der Waals surface area contributed by atoms with Crippen LogP contribution in [0.2, 0.25) is 0 Å². The van der Waals surface area contributed by atoms with Gasteiger partial charge >= 0.3 is 0 Å². The Balaban J connectivity index is 1.08. The minimum absolute atomic E-state index is 0.825. The van der Waals surface area contributed by atoms with E-state index in [2.05, 4.69) is 112 Å². The van der Waals surface area contributed by atoms with Crippen LogP contribution < -0.4 is 0 Å². The fourth-order valence-corrected chi connectivity index (χ4v) is 9.22. The predicted octanol–water partition coefficient (Wildman–Crippen LogP) is 12.2. The lowest BCUT2D eigenvalue weighted by Gasteiger charge is -2.11. The van der Waals surface area contributed by atoms with E-state index >= 15 is 0 Å². The molecular weight excluding hydrogens is 693 g/mol. The zero-order valence-corrected chi connectivity index (χ0v) is 29.4. The summed E-state index contributed by atoms with van der Waals surface area (Å²) >= 11 is 0. The molecule has 14 rings (SSSR count). The van der Waals surface area contributed by atoms with E-state index in [1.54, 1.807) is 0 Å². The first-order chi connectivity index (χ1) is 27.7. The van der Waals surface area contributed by atoms with E-state index < -0.39 is 0 Å². The Morgan fingerprint density at radius 2 is 1.12 bits per heavy atom. The van der Waals surface area contributed by atoms with Gasteiger partial charge in [0.25, 0.3) is 0 Å². The maximum absolute atomic E-state index is 6.65. The van der Waals surface area contributed by atoms with Gasteiger partial charge in [-0.2, -0.15) is 0 Å². The monoisotopic (exact) mass is 716 g/mol. The van der Waals surface area contributed by atoms with Gasteiger partial charge in [0, 0.05) is 54.9 Å². The number of hydrogen-bond acceptors (Lipinski definition) is 6. The van der Waals surface area contributed by atoms with Crippen molar-refractivity contribution in [3.63, 3.8) is 0 Å². The van der Waals surface area contributed by atoms with Crippen LogP contribution in [-0.4, -0.2) is 28.7 Å². The molecule has 8 aromatic heterocycles. The van der Waals surface area contributed by atoms with E-state index in [4.69, 9.17) is 28.8 Å². The first-order valence-electron chi connectivity index (χ1n) is 18.6. The smallest absolute Gasteiger partial charge is 0.160 e. The number of imidazole rings is 2. The van der Waals surface area contributed by atoms with Crippen LogP contribution >= 0.6 is 0 Å². The van der Waals surface area contributed by atoms with Crippen molar-refractivity contribution in [2.24, 2.45) is 0 Å².